The molecule has 1 fully saturated rings. The molecule has 1 aliphatic carbocycles. The van der Waals surface area contributed by atoms with Gasteiger partial charge in [-0.1, -0.05) is 13.7 Å². The summed E-state index contributed by atoms with van der Waals surface area (Å²) in [6.45, 7) is 4.01. The maximum atomic E-state index is 12.1. The van der Waals surface area contributed by atoms with E-state index in [1.165, 1.54) is 0 Å². The van der Waals surface area contributed by atoms with Crippen LogP contribution in [0.25, 0.3) is 0 Å². The summed E-state index contributed by atoms with van der Waals surface area (Å²) in [4.78, 5) is 12.1. The monoisotopic (exact) mass is 259 g/mol. The lowest BCUT2D eigenvalue weighted by atomic mass is 9.79. The van der Waals surface area contributed by atoms with Crippen LogP contribution in [0.15, 0.2) is 16.5 Å². The molecule has 19 heavy (non-hydrogen) atoms. The number of nitrogens with one attached hydrogen (secondary N) is 2. The number of hydrogen-bond acceptors (Lipinski definition) is 3. The van der Waals surface area contributed by atoms with Crippen LogP contribution in [0.2, 0.25) is 6.82 Å². The molecule has 0 saturated heterocycles. The zero-order valence-electron chi connectivity index (χ0n) is 11.5. The number of rotatable bonds is 3. The van der Waals surface area contributed by atoms with E-state index in [1.807, 2.05) is 14.1 Å². The van der Waals surface area contributed by atoms with Crippen LogP contribution in [0.5, 0.6) is 0 Å². The van der Waals surface area contributed by atoms with Gasteiger partial charge in [-0.15, -0.1) is 0 Å². The van der Waals surface area contributed by atoms with Crippen molar-refractivity contribution < 1.29 is 9.21 Å². The summed E-state index contributed by atoms with van der Waals surface area (Å²) in [5.41, 5.74) is 1.51. The second-order valence-electron chi connectivity index (χ2n) is 5.35. The van der Waals surface area contributed by atoms with Gasteiger partial charge in [0.15, 0.2) is 13.0 Å². The zero-order chi connectivity index (χ0) is 13.8. The number of carbonyl (C=O) groups excluding carboxylic acids is 1. The minimum absolute atomic E-state index is 0.143. The van der Waals surface area contributed by atoms with Crippen molar-refractivity contribution in [2.75, 3.05) is 0 Å². The van der Waals surface area contributed by atoms with Gasteiger partial charge in [-0.3, -0.25) is 4.79 Å². The SMILES string of the molecule is C[B]c1ccc(C(=O)NC2CCC(=N)CC(C)C2)o1. The van der Waals surface area contributed by atoms with Crippen LogP contribution < -0.4 is 11.0 Å². The maximum absolute atomic E-state index is 12.1. The molecule has 2 atom stereocenters. The van der Waals surface area contributed by atoms with Crippen LogP contribution in [0.1, 0.15) is 43.2 Å². The second kappa shape index (κ2) is 6.09. The van der Waals surface area contributed by atoms with Gasteiger partial charge in [-0.05, 0) is 43.7 Å². The molecule has 1 amide bonds. The highest BCUT2D eigenvalue weighted by atomic mass is 16.3. The molecule has 2 rings (SSSR count). The van der Waals surface area contributed by atoms with Gasteiger partial charge >= 0.3 is 0 Å². The first kappa shape index (κ1) is 13.9. The molecular weight excluding hydrogens is 239 g/mol. The summed E-state index contributed by atoms with van der Waals surface area (Å²) in [5.74, 6) is 0.662. The Bertz CT molecular complexity index is 470. The molecule has 2 N–H and O–H groups in total. The van der Waals surface area contributed by atoms with Crippen molar-refractivity contribution >= 4 is 24.6 Å². The van der Waals surface area contributed by atoms with E-state index in [1.54, 1.807) is 12.1 Å². The number of furan rings is 1. The molecule has 1 saturated carbocycles. The Balaban J connectivity index is 1.96. The lowest BCUT2D eigenvalue weighted by Gasteiger charge is -2.17. The van der Waals surface area contributed by atoms with E-state index in [2.05, 4.69) is 12.2 Å². The highest BCUT2D eigenvalue weighted by molar-refractivity contribution is 6.50. The van der Waals surface area contributed by atoms with Crippen molar-refractivity contribution in [3.63, 3.8) is 0 Å². The fraction of sp³-hybridized carbons (Fsp3) is 0.571. The summed E-state index contributed by atoms with van der Waals surface area (Å²) in [6.07, 6.45) is 3.41. The van der Waals surface area contributed by atoms with Gasteiger partial charge in [0, 0.05) is 11.8 Å². The lowest BCUT2D eigenvalue weighted by Crippen LogP contribution is -2.35. The van der Waals surface area contributed by atoms with E-state index < -0.39 is 0 Å². The van der Waals surface area contributed by atoms with E-state index in [4.69, 9.17) is 9.83 Å². The molecule has 1 heterocycles. The van der Waals surface area contributed by atoms with Gasteiger partial charge in [0.1, 0.15) is 0 Å². The van der Waals surface area contributed by atoms with Gasteiger partial charge in [0.2, 0.25) is 0 Å². The third-order valence-corrected chi connectivity index (χ3v) is 3.55. The minimum atomic E-state index is -0.154. The Labute approximate surface area is 114 Å². The van der Waals surface area contributed by atoms with Gasteiger partial charge in [0.05, 0.1) is 5.66 Å². The predicted molar refractivity (Wildman–Crippen MR) is 76.6 cm³/mol. The molecule has 101 valence electrons. The Hall–Kier alpha value is -1.52. The number of carbonyl (C=O) groups is 1. The second-order valence-corrected chi connectivity index (χ2v) is 5.35. The maximum Gasteiger partial charge on any atom is 0.287 e. The van der Waals surface area contributed by atoms with Crippen molar-refractivity contribution in [2.45, 2.75) is 45.5 Å². The van der Waals surface area contributed by atoms with Crippen LogP contribution in [0.3, 0.4) is 0 Å². The van der Waals surface area contributed by atoms with Crippen molar-refractivity contribution in [1.29, 1.82) is 5.41 Å². The molecule has 0 spiro atoms. The van der Waals surface area contributed by atoms with Crippen LogP contribution in [-0.2, 0) is 0 Å². The first-order chi connectivity index (χ1) is 9.08. The fourth-order valence-corrected chi connectivity index (χ4v) is 2.58. The van der Waals surface area contributed by atoms with Gasteiger partial charge in [-0.25, -0.2) is 0 Å². The number of hydrogen-bond donors (Lipinski definition) is 2. The van der Waals surface area contributed by atoms with Crippen molar-refractivity contribution in [3.8, 4) is 0 Å². The average molecular weight is 259 g/mol. The standard InChI is InChI=1S/C14H20BN2O2/c1-9-7-10(16)3-4-11(8-9)17-14(18)12-5-6-13(15-2)19-12/h5-6,9,11,16H,3-4,7-8H2,1-2H3,(H,17,18). The molecule has 5 heteroatoms. The smallest absolute Gasteiger partial charge is 0.287 e. The predicted octanol–water partition coefficient (Wildman–Crippen LogP) is 1.99. The summed E-state index contributed by atoms with van der Waals surface area (Å²) in [5, 5.41) is 10.8. The van der Waals surface area contributed by atoms with Crippen LogP contribution in [-0.4, -0.2) is 24.9 Å². The van der Waals surface area contributed by atoms with E-state index in [-0.39, 0.29) is 11.9 Å². The molecule has 1 aliphatic rings. The third kappa shape index (κ3) is 3.72. The van der Waals surface area contributed by atoms with E-state index >= 15 is 0 Å². The van der Waals surface area contributed by atoms with Crippen LogP contribution in [0, 0.1) is 11.3 Å². The summed E-state index contributed by atoms with van der Waals surface area (Å²) < 4.78 is 5.41. The summed E-state index contributed by atoms with van der Waals surface area (Å²) in [7, 11) is 1.83. The van der Waals surface area contributed by atoms with E-state index in [9.17, 15) is 4.79 Å². The first-order valence-electron chi connectivity index (χ1n) is 6.85. The highest BCUT2D eigenvalue weighted by Crippen LogP contribution is 2.21. The molecule has 1 radical (unpaired) electrons. The van der Waals surface area contributed by atoms with Gasteiger partial charge in [-0.2, -0.15) is 0 Å². The molecule has 4 nitrogen and oxygen atoms in total. The largest absolute Gasteiger partial charge is 0.467 e. The lowest BCUT2D eigenvalue weighted by molar-refractivity contribution is 0.0904. The number of amides is 1. The molecule has 0 bridgehead atoms. The molecular formula is C14H20BN2O2. The van der Waals surface area contributed by atoms with Crippen molar-refractivity contribution in [3.05, 3.63) is 17.9 Å². The Morgan fingerprint density at radius 3 is 3.00 bits per heavy atom. The normalized spacial score (nSPS) is 23.8. The van der Waals surface area contributed by atoms with Gasteiger partial charge < -0.3 is 15.1 Å². The van der Waals surface area contributed by atoms with Crippen LogP contribution >= 0.6 is 0 Å². The van der Waals surface area contributed by atoms with Crippen molar-refractivity contribution in [2.24, 2.45) is 5.92 Å². The van der Waals surface area contributed by atoms with Crippen LogP contribution in [0.4, 0.5) is 0 Å². The summed E-state index contributed by atoms with van der Waals surface area (Å²) in [6, 6.07) is 3.64. The molecule has 0 aromatic carbocycles. The molecule has 0 aliphatic heterocycles. The zero-order valence-corrected chi connectivity index (χ0v) is 11.5. The van der Waals surface area contributed by atoms with Gasteiger partial charge in [0.25, 0.3) is 5.91 Å². The Morgan fingerprint density at radius 1 is 1.53 bits per heavy atom. The molecule has 1 aromatic heterocycles. The fourth-order valence-electron chi connectivity index (χ4n) is 2.58. The van der Waals surface area contributed by atoms with E-state index in [0.717, 1.165) is 31.4 Å². The topological polar surface area (TPSA) is 66.1 Å². The Kier molecular flexibility index (Phi) is 4.45. The quantitative estimate of drug-likeness (QED) is 0.643. The highest BCUT2D eigenvalue weighted by Gasteiger charge is 2.22. The average Bonchev–Trinajstić information content (AvgIpc) is 2.78. The van der Waals surface area contributed by atoms with E-state index in [0.29, 0.717) is 17.3 Å². The molecule has 2 unspecified atom stereocenters. The molecule has 1 aromatic rings. The summed E-state index contributed by atoms with van der Waals surface area (Å²) >= 11 is 0. The Morgan fingerprint density at radius 2 is 2.32 bits per heavy atom. The third-order valence-electron chi connectivity index (χ3n) is 3.55. The first-order valence-corrected chi connectivity index (χ1v) is 6.85. The van der Waals surface area contributed by atoms with Crippen molar-refractivity contribution in [1.82, 2.24) is 5.32 Å². The minimum Gasteiger partial charge on any atom is -0.467 e.